The summed E-state index contributed by atoms with van der Waals surface area (Å²) in [7, 11) is 1.57. The highest BCUT2D eigenvalue weighted by atomic mass is 16.5. The summed E-state index contributed by atoms with van der Waals surface area (Å²) < 4.78 is 12.2. The van der Waals surface area contributed by atoms with Gasteiger partial charge in [-0.05, 0) is 49.8 Å². The number of aryl methyl sites for hydroxylation is 1. The van der Waals surface area contributed by atoms with Gasteiger partial charge in [0, 0.05) is 33.2 Å². The highest BCUT2D eigenvalue weighted by Gasteiger charge is 2.24. The predicted octanol–water partition coefficient (Wildman–Crippen LogP) is 2.70. The molecule has 0 spiro atoms. The van der Waals surface area contributed by atoms with Crippen LogP contribution in [-0.2, 0) is 16.1 Å². The van der Waals surface area contributed by atoms with Crippen LogP contribution in [0, 0.1) is 12.8 Å². The van der Waals surface area contributed by atoms with E-state index in [2.05, 4.69) is 4.98 Å². The summed E-state index contributed by atoms with van der Waals surface area (Å²) in [5, 5.41) is 0. The Balaban J connectivity index is 2.11. The molecule has 0 aliphatic rings. The molecule has 0 saturated heterocycles. The number of anilines is 2. The lowest BCUT2D eigenvalue weighted by atomic mass is 10.2. The summed E-state index contributed by atoms with van der Waals surface area (Å²) in [5.74, 6) is 0.712. The van der Waals surface area contributed by atoms with E-state index in [1.807, 2.05) is 45.0 Å². The van der Waals surface area contributed by atoms with Gasteiger partial charge in [0.1, 0.15) is 11.6 Å². The number of unbranched alkanes of at least 4 members (excludes halogenated alkanes) is 1. The highest BCUT2D eigenvalue weighted by Crippen LogP contribution is 2.20. The van der Waals surface area contributed by atoms with E-state index in [0.717, 1.165) is 11.3 Å². The summed E-state index contributed by atoms with van der Waals surface area (Å²) in [5.41, 5.74) is 6.13. The molecule has 1 aromatic carbocycles. The van der Waals surface area contributed by atoms with Crippen molar-refractivity contribution in [2.45, 2.75) is 53.0 Å². The topological polar surface area (TPSA) is 120 Å². The van der Waals surface area contributed by atoms with Crippen molar-refractivity contribution in [1.82, 2.24) is 9.55 Å². The molecule has 2 rings (SSSR count). The summed E-state index contributed by atoms with van der Waals surface area (Å²) >= 11 is 0. The third-order valence-electron chi connectivity index (χ3n) is 5.11. The Morgan fingerprint density at radius 1 is 1.18 bits per heavy atom. The van der Waals surface area contributed by atoms with Crippen molar-refractivity contribution in [2.75, 3.05) is 37.5 Å². The Kier molecular flexibility index (Phi) is 10.2. The SMILES string of the molecule is COCCCN(C(=O)CCCCOc1cccc(C)c1)c1c(N)n(CC(C)C)c(=O)[nH]c1=O. The number of hydrogen-bond acceptors (Lipinski definition) is 6. The normalized spacial score (nSPS) is 11.1. The summed E-state index contributed by atoms with van der Waals surface area (Å²) in [6.07, 6.45) is 2.03. The first-order valence-electron chi connectivity index (χ1n) is 11.4. The fourth-order valence-corrected chi connectivity index (χ4v) is 3.52. The molecule has 9 nitrogen and oxygen atoms in total. The first-order valence-corrected chi connectivity index (χ1v) is 11.4. The molecule has 1 amide bonds. The smallest absolute Gasteiger partial charge is 0.330 e. The molecule has 1 heterocycles. The number of nitrogens with one attached hydrogen (secondary N) is 1. The third kappa shape index (κ3) is 7.78. The predicted molar refractivity (Wildman–Crippen MR) is 130 cm³/mol. The molecule has 9 heteroatoms. The second-order valence-electron chi connectivity index (χ2n) is 8.51. The Morgan fingerprint density at radius 3 is 2.61 bits per heavy atom. The molecule has 0 aliphatic heterocycles. The first-order chi connectivity index (χ1) is 15.7. The van der Waals surface area contributed by atoms with Crippen LogP contribution in [0.3, 0.4) is 0 Å². The van der Waals surface area contributed by atoms with Crippen LogP contribution < -0.4 is 26.6 Å². The number of hydrogen-bond donors (Lipinski definition) is 2. The second kappa shape index (κ2) is 12.8. The molecule has 0 bridgehead atoms. The van der Waals surface area contributed by atoms with Gasteiger partial charge in [-0.25, -0.2) is 4.79 Å². The van der Waals surface area contributed by atoms with Crippen molar-refractivity contribution in [1.29, 1.82) is 0 Å². The lowest BCUT2D eigenvalue weighted by molar-refractivity contribution is -0.118. The maximum absolute atomic E-state index is 13.1. The number of carbonyl (C=O) groups is 1. The molecule has 33 heavy (non-hydrogen) atoms. The zero-order valence-electron chi connectivity index (χ0n) is 20.1. The number of nitrogens with two attached hydrogens (primary N) is 1. The number of nitrogens with zero attached hydrogens (tertiary/aromatic N) is 2. The van der Waals surface area contributed by atoms with E-state index >= 15 is 0 Å². The van der Waals surface area contributed by atoms with Crippen molar-refractivity contribution in [3.63, 3.8) is 0 Å². The third-order valence-corrected chi connectivity index (χ3v) is 5.11. The summed E-state index contributed by atoms with van der Waals surface area (Å²) in [4.78, 5) is 41.7. The molecule has 2 aromatic rings. The second-order valence-corrected chi connectivity index (χ2v) is 8.51. The van der Waals surface area contributed by atoms with Crippen LogP contribution in [0.5, 0.6) is 5.75 Å². The Labute approximate surface area is 194 Å². The van der Waals surface area contributed by atoms with Crippen molar-refractivity contribution in [3.05, 3.63) is 50.7 Å². The average Bonchev–Trinajstić information content (AvgIpc) is 2.75. The number of nitrogen functional groups attached to an aromatic ring is 1. The monoisotopic (exact) mass is 460 g/mol. The van der Waals surface area contributed by atoms with Crippen LogP contribution in [0.2, 0.25) is 0 Å². The largest absolute Gasteiger partial charge is 0.494 e. The van der Waals surface area contributed by atoms with Gasteiger partial charge in [-0.1, -0.05) is 26.0 Å². The number of ether oxygens (including phenoxy) is 2. The fraction of sp³-hybridized carbons (Fsp3) is 0.542. The zero-order chi connectivity index (χ0) is 24.4. The van der Waals surface area contributed by atoms with E-state index in [4.69, 9.17) is 15.2 Å². The Morgan fingerprint density at radius 2 is 1.94 bits per heavy atom. The minimum atomic E-state index is -0.661. The van der Waals surface area contributed by atoms with Crippen LogP contribution in [0.4, 0.5) is 11.5 Å². The number of carbonyl (C=O) groups excluding carboxylic acids is 1. The molecular formula is C24H36N4O5. The maximum Gasteiger partial charge on any atom is 0.330 e. The quantitative estimate of drug-likeness (QED) is 0.444. The van der Waals surface area contributed by atoms with Gasteiger partial charge in [-0.3, -0.25) is 19.1 Å². The van der Waals surface area contributed by atoms with Crippen LogP contribution in [-0.4, -0.2) is 42.3 Å². The van der Waals surface area contributed by atoms with Crippen molar-refractivity contribution in [3.8, 4) is 5.75 Å². The summed E-state index contributed by atoms with van der Waals surface area (Å²) in [6.45, 7) is 7.40. The summed E-state index contributed by atoms with van der Waals surface area (Å²) in [6, 6.07) is 7.80. The minimum absolute atomic E-state index is 0.00555. The minimum Gasteiger partial charge on any atom is -0.494 e. The highest BCUT2D eigenvalue weighted by molar-refractivity contribution is 5.95. The lowest BCUT2D eigenvalue weighted by Gasteiger charge is -2.25. The number of aromatic amines is 1. The van der Waals surface area contributed by atoms with Gasteiger partial charge in [0.15, 0.2) is 5.69 Å². The van der Waals surface area contributed by atoms with Gasteiger partial charge < -0.3 is 20.1 Å². The van der Waals surface area contributed by atoms with E-state index in [1.165, 1.54) is 9.47 Å². The fourth-order valence-electron chi connectivity index (χ4n) is 3.52. The van der Waals surface area contributed by atoms with E-state index in [-0.39, 0.29) is 36.3 Å². The molecular weight excluding hydrogens is 424 g/mol. The number of rotatable bonds is 13. The van der Waals surface area contributed by atoms with E-state index in [1.54, 1.807) is 7.11 Å². The van der Waals surface area contributed by atoms with Crippen LogP contribution in [0.15, 0.2) is 33.9 Å². The first kappa shape index (κ1) is 26.2. The molecule has 0 atom stereocenters. The van der Waals surface area contributed by atoms with Crippen molar-refractivity contribution < 1.29 is 14.3 Å². The van der Waals surface area contributed by atoms with Gasteiger partial charge in [-0.15, -0.1) is 0 Å². The maximum atomic E-state index is 13.1. The van der Waals surface area contributed by atoms with Crippen LogP contribution >= 0.6 is 0 Å². The lowest BCUT2D eigenvalue weighted by Crippen LogP contribution is -2.42. The standard InChI is InChI=1S/C24H36N4O5/c1-17(2)16-28-22(25)21(23(30)26-24(28)31)27(12-8-13-32-4)20(29)11-5-6-14-33-19-10-7-9-18(3)15-19/h7,9-10,15,17H,5-6,8,11-14,16,25H2,1-4H3,(H,26,30,31). The number of methoxy groups -OCH3 is 1. The average molecular weight is 461 g/mol. The van der Waals surface area contributed by atoms with Gasteiger partial charge in [0.25, 0.3) is 5.56 Å². The molecule has 0 radical (unpaired) electrons. The van der Waals surface area contributed by atoms with E-state index in [9.17, 15) is 14.4 Å². The van der Waals surface area contributed by atoms with Crippen molar-refractivity contribution >= 4 is 17.4 Å². The van der Waals surface area contributed by atoms with E-state index in [0.29, 0.717) is 39.0 Å². The number of H-pyrrole nitrogens is 1. The Bertz CT molecular complexity index is 1030. The van der Waals surface area contributed by atoms with Gasteiger partial charge in [-0.2, -0.15) is 0 Å². The molecule has 1 aromatic heterocycles. The van der Waals surface area contributed by atoms with Gasteiger partial charge >= 0.3 is 5.69 Å². The molecule has 0 unspecified atom stereocenters. The Hall–Kier alpha value is -3.07. The number of benzene rings is 1. The molecule has 0 fully saturated rings. The molecule has 0 aliphatic carbocycles. The van der Waals surface area contributed by atoms with Gasteiger partial charge in [0.05, 0.1) is 6.61 Å². The number of aromatic nitrogens is 2. The molecule has 182 valence electrons. The molecule has 3 N–H and O–H groups in total. The van der Waals surface area contributed by atoms with Crippen molar-refractivity contribution in [2.24, 2.45) is 5.92 Å². The van der Waals surface area contributed by atoms with Crippen LogP contribution in [0.1, 0.15) is 45.1 Å². The zero-order valence-corrected chi connectivity index (χ0v) is 20.1. The van der Waals surface area contributed by atoms with Gasteiger partial charge in [0.2, 0.25) is 5.91 Å². The number of amides is 1. The molecule has 0 saturated carbocycles. The van der Waals surface area contributed by atoms with Crippen LogP contribution in [0.25, 0.3) is 0 Å². The van der Waals surface area contributed by atoms with E-state index < -0.39 is 11.2 Å².